The first-order valence-electron chi connectivity index (χ1n) is 5.50. The summed E-state index contributed by atoms with van der Waals surface area (Å²) < 4.78 is 27.0. The number of thiophene rings is 1. The second-order valence-corrected chi connectivity index (χ2v) is 8.28. The van der Waals surface area contributed by atoms with Crippen LogP contribution in [0.5, 0.6) is 0 Å². The smallest absolute Gasteiger partial charge is 0.250 e. The zero-order valence-electron chi connectivity index (χ0n) is 9.39. The molecule has 3 N–H and O–H groups in total. The topological polar surface area (TPSA) is 72.2 Å². The molecule has 0 saturated carbocycles. The van der Waals surface area contributed by atoms with Crippen molar-refractivity contribution >= 4 is 33.1 Å². The minimum absolute atomic E-state index is 0.362. The molecule has 4 nitrogen and oxygen atoms in total. The van der Waals surface area contributed by atoms with E-state index < -0.39 is 10.0 Å². The van der Waals surface area contributed by atoms with Crippen LogP contribution in [0.15, 0.2) is 15.7 Å². The lowest BCUT2D eigenvalue weighted by Crippen LogP contribution is -2.29. The zero-order chi connectivity index (χ0) is 12.3. The summed E-state index contributed by atoms with van der Waals surface area (Å²) >= 11 is 3.07. The van der Waals surface area contributed by atoms with Gasteiger partial charge in [0.2, 0.25) is 10.0 Å². The molecule has 2 rings (SSSR count). The van der Waals surface area contributed by atoms with Crippen molar-refractivity contribution in [3.05, 3.63) is 17.0 Å². The largest absolute Gasteiger partial charge is 0.326 e. The Bertz CT molecular complexity index is 464. The summed E-state index contributed by atoms with van der Waals surface area (Å²) in [6, 6.07) is 1.65. The van der Waals surface area contributed by atoms with E-state index in [1.165, 1.54) is 17.8 Å². The number of hydrogen-bond acceptors (Lipinski definition) is 5. The average molecular weight is 292 g/mol. The summed E-state index contributed by atoms with van der Waals surface area (Å²) in [5, 5.41) is 2.22. The summed E-state index contributed by atoms with van der Waals surface area (Å²) in [6.07, 6.45) is 2.29. The van der Waals surface area contributed by atoms with E-state index >= 15 is 0 Å². The quantitative estimate of drug-likeness (QED) is 0.860. The van der Waals surface area contributed by atoms with Crippen LogP contribution in [0.4, 0.5) is 0 Å². The standard InChI is InChI=1S/C10H16N2O2S3/c11-5-8-4-10(16-7-8)17(13,14)12-6-9-2-1-3-15-9/h4,7,9,12H,1-3,5-6,11H2. The van der Waals surface area contributed by atoms with Crippen LogP contribution in [0.1, 0.15) is 18.4 Å². The van der Waals surface area contributed by atoms with Gasteiger partial charge in [-0.15, -0.1) is 11.3 Å². The van der Waals surface area contributed by atoms with Gasteiger partial charge in [-0.05, 0) is 35.6 Å². The van der Waals surface area contributed by atoms with Crippen molar-refractivity contribution < 1.29 is 8.42 Å². The van der Waals surface area contributed by atoms with Crippen molar-refractivity contribution in [1.29, 1.82) is 0 Å². The third kappa shape index (κ3) is 3.45. The van der Waals surface area contributed by atoms with Crippen molar-refractivity contribution in [2.45, 2.75) is 28.8 Å². The Kier molecular flexibility index (Phi) is 4.48. The van der Waals surface area contributed by atoms with Gasteiger partial charge in [-0.2, -0.15) is 11.8 Å². The molecule has 0 amide bonds. The van der Waals surface area contributed by atoms with Crippen LogP contribution in [0.25, 0.3) is 0 Å². The van der Waals surface area contributed by atoms with Gasteiger partial charge in [0.25, 0.3) is 0 Å². The number of thioether (sulfide) groups is 1. The van der Waals surface area contributed by atoms with E-state index in [9.17, 15) is 8.42 Å². The Hall–Kier alpha value is -0.0800. The summed E-state index contributed by atoms with van der Waals surface area (Å²) in [5.74, 6) is 1.14. The van der Waals surface area contributed by atoms with Crippen LogP contribution >= 0.6 is 23.1 Å². The number of hydrogen-bond donors (Lipinski definition) is 2. The van der Waals surface area contributed by atoms with E-state index in [2.05, 4.69) is 4.72 Å². The Balaban J connectivity index is 1.97. The fraction of sp³-hybridized carbons (Fsp3) is 0.600. The van der Waals surface area contributed by atoms with Crippen molar-refractivity contribution in [1.82, 2.24) is 4.72 Å². The maximum absolute atomic E-state index is 12.0. The van der Waals surface area contributed by atoms with E-state index in [1.54, 1.807) is 11.4 Å². The highest BCUT2D eigenvalue weighted by Crippen LogP contribution is 2.26. The molecule has 1 aliphatic rings. The van der Waals surface area contributed by atoms with Crippen molar-refractivity contribution in [3.8, 4) is 0 Å². The minimum atomic E-state index is -3.34. The minimum Gasteiger partial charge on any atom is -0.326 e. The fourth-order valence-corrected chi connectivity index (χ4v) is 5.34. The highest BCUT2D eigenvalue weighted by molar-refractivity contribution is 8.00. The van der Waals surface area contributed by atoms with Crippen LogP contribution < -0.4 is 10.5 Å². The molecule has 1 aromatic heterocycles. The zero-order valence-corrected chi connectivity index (χ0v) is 11.8. The molecule has 0 radical (unpaired) electrons. The molecular formula is C10H16N2O2S3. The number of sulfonamides is 1. The Morgan fingerprint density at radius 2 is 2.35 bits per heavy atom. The van der Waals surface area contributed by atoms with Crippen molar-refractivity contribution in [2.75, 3.05) is 12.3 Å². The van der Waals surface area contributed by atoms with Gasteiger partial charge in [0.1, 0.15) is 4.21 Å². The van der Waals surface area contributed by atoms with E-state index in [1.807, 2.05) is 11.8 Å². The molecule has 0 aliphatic carbocycles. The Morgan fingerprint density at radius 1 is 1.53 bits per heavy atom. The first kappa shape index (κ1) is 13.4. The third-order valence-corrected chi connectivity index (χ3v) is 6.97. The number of nitrogens with two attached hydrogens (primary N) is 1. The van der Waals surface area contributed by atoms with Gasteiger partial charge in [0.05, 0.1) is 0 Å². The molecule has 2 heterocycles. The van der Waals surface area contributed by atoms with Crippen molar-refractivity contribution in [2.24, 2.45) is 5.73 Å². The van der Waals surface area contributed by atoms with Gasteiger partial charge in [-0.25, -0.2) is 13.1 Å². The second kappa shape index (κ2) is 5.71. The molecule has 1 unspecified atom stereocenters. The van der Waals surface area contributed by atoms with E-state index in [4.69, 9.17) is 5.73 Å². The molecule has 1 aromatic rings. The van der Waals surface area contributed by atoms with Gasteiger partial charge < -0.3 is 5.73 Å². The molecule has 1 fully saturated rings. The molecule has 1 atom stereocenters. The molecule has 0 spiro atoms. The monoisotopic (exact) mass is 292 g/mol. The third-order valence-electron chi connectivity index (χ3n) is 2.66. The van der Waals surface area contributed by atoms with Crippen LogP contribution in [0.2, 0.25) is 0 Å². The lowest BCUT2D eigenvalue weighted by atomic mass is 10.2. The first-order valence-corrected chi connectivity index (χ1v) is 8.92. The molecule has 17 heavy (non-hydrogen) atoms. The summed E-state index contributed by atoms with van der Waals surface area (Å²) in [5.41, 5.74) is 6.33. The fourth-order valence-electron chi connectivity index (χ4n) is 1.68. The van der Waals surface area contributed by atoms with Gasteiger partial charge in [0.15, 0.2) is 0 Å². The number of rotatable bonds is 5. The highest BCUT2D eigenvalue weighted by Gasteiger charge is 2.21. The van der Waals surface area contributed by atoms with Crippen LogP contribution in [-0.4, -0.2) is 26.0 Å². The van der Waals surface area contributed by atoms with E-state index in [0.29, 0.717) is 22.5 Å². The molecule has 96 valence electrons. The predicted molar refractivity (Wildman–Crippen MR) is 72.9 cm³/mol. The van der Waals surface area contributed by atoms with Gasteiger partial charge in [0, 0.05) is 18.3 Å². The number of nitrogens with one attached hydrogen (secondary N) is 1. The average Bonchev–Trinajstić information content (AvgIpc) is 2.98. The van der Waals surface area contributed by atoms with Gasteiger partial charge in [-0.1, -0.05) is 0 Å². The normalized spacial score (nSPS) is 20.9. The molecule has 0 bridgehead atoms. The molecule has 1 saturated heterocycles. The van der Waals surface area contributed by atoms with E-state index in [0.717, 1.165) is 17.7 Å². The van der Waals surface area contributed by atoms with Gasteiger partial charge >= 0.3 is 0 Å². The maximum Gasteiger partial charge on any atom is 0.250 e. The van der Waals surface area contributed by atoms with Crippen molar-refractivity contribution in [3.63, 3.8) is 0 Å². The lowest BCUT2D eigenvalue weighted by Gasteiger charge is -2.09. The highest BCUT2D eigenvalue weighted by atomic mass is 32.2. The van der Waals surface area contributed by atoms with Crippen LogP contribution in [0.3, 0.4) is 0 Å². The summed E-state index contributed by atoms with van der Waals surface area (Å²) in [6.45, 7) is 0.910. The maximum atomic E-state index is 12.0. The lowest BCUT2D eigenvalue weighted by molar-refractivity contribution is 0.581. The summed E-state index contributed by atoms with van der Waals surface area (Å²) in [7, 11) is -3.34. The molecule has 1 aliphatic heterocycles. The summed E-state index contributed by atoms with van der Waals surface area (Å²) in [4.78, 5) is 0. The molecular weight excluding hydrogens is 276 g/mol. The first-order chi connectivity index (χ1) is 8.12. The Labute approximate surface area is 110 Å². The molecule has 7 heteroatoms. The van der Waals surface area contributed by atoms with Gasteiger partial charge in [-0.3, -0.25) is 0 Å². The second-order valence-electron chi connectivity index (χ2n) is 3.97. The SMILES string of the molecule is NCc1csc(S(=O)(=O)NCC2CCCS2)c1. The molecule has 0 aromatic carbocycles. The predicted octanol–water partition coefficient (Wildman–Crippen LogP) is 1.38. The van der Waals surface area contributed by atoms with Crippen LogP contribution in [-0.2, 0) is 16.6 Å². The Morgan fingerprint density at radius 3 is 2.94 bits per heavy atom. The van der Waals surface area contributed by atoms with Crippen LogP contribution in [0, 0.1) is 0 Å². The van der Waals surface area contributed by atoms with E-state index in [-0.39, 0.29) is 0 Å².